The zero-order valence-electron chi connectivity index (χ0n) is 15.1. The van der Waals surface area contributed by atoms with E-state index in [1.807, 2.05) is 19.1 Å². The summed E-state index contributed by atoms with van der Waals surface area (Å²) in [7, 11) is 0. The summed E-state index contributed by atoms with van der Waals surface area (Å²) in [5.41, 5.74) is 2.41. The average molecular weight is 351 g/mol. The molecule has 0 aromatic heterocycles. The molecule has 0 unspecified atom stereocenters. The summed E-state index contributed by atoms with van der Waals surface area (Å²) in [4.78, 5) is 12.2. The molecule has 1 rings (SSSR count). The number of benzene rings is 1. The highest BCUT2D eigenvalue weighted by molar-refractivity contribution is 7.80. The van der Waals surface area contributed by atoms with Gasteiger partial charge in [0.05, 0.1) is 0 Å². The van der Waals surface area contributed by atoms with Gasteiger partial charge in [0.1, 0.15) is 5.83 Å². The van der Waals surface area contributed by atoms with E-state index in [9.17, 15) is 9.18 Å². The number of carbonyl (C=O) groups is 1. The summed E-state index contributed by atoms with van der Waals surface area (Å²) in [6.45, 7) is 10.3. The molecule has 3 nitrogen and oxygen atoms in total. The lowest BCUT2D eigenvalue weighted by Crippen LogP contribution is -2.40. The van der Waals surface area contributed by atoms with Crippen LogP contribution in [0.5, 0.6) is 0 Å². The summed E-state index contributed by atoms with van der Waals surface area (Å²) in [5.74, 6) is -0.400. The highest BCUT2D eigenvalue weighted by Gasteiger charge is 2.14. The number of carbonyl (C=O) groups excluding carboxylic acids is 1. The van der Waals surface area contributed by atoms with E-state index in [0.29, 0.717) is 30.5 Å². The van der Waals surface area contributed by atoms with E-state index in [2.05, 4.69) is 31.4 Å². The van der Waals surface area contributed by atoms with Gasteiger partial charge in [-0.1, -0.05) is 46.8 Å². The van der Waals surface area contributed by atoms with E-state index in [4.69, 9.17) is 12.2 Å². The van der Waals surface area contributed by atoms with Crippen molar-refractivity contribution in [1.29, 1.82) is 0 Å². The Labute approximate surface area is 149 Å². The number of amides is 1. The van der Waals surface area contributed by atoms with Crippen molar-refractivity contribution in [2.24, 2.45) is 0 Å². The highest BCUT2D eigenvalue weighted by atomic mass is 32.1. The summed E-state index contributed by atoms with van der Waals surface area (Å²) < 4.78 is 13.6. The van der Waals surface area contributed by atoms with Gasteiger partial charge in [-0.15, -0.1) is 0 Å². The SMILES string of the molecule is CC/C(F)=C(\CC)CNC(=S)NC(=O)c1ccc(C(C)(C)C)cc1. The lowest BCUT2D eigenvalue weighted by molar-refractivity contribution is 0.0976. The maximum atomic E-state index is 13.6. The summed E-state index contributed by atoms with van der Waals surface area (Å²) in [6.07, 6.45) is 0.974. The van der Waals surface area contributed by atoms with Crippen molar-refractivity contribution in [2.75, 3.05) is 6.54 Å². The second kappa shape index (κ2) is 8.92. The monoisotopic (exact) mass is 350 g/mol. The molecular weight excluding hydrogens is 323 g/mol. The van der Waals surface area contributed by atoms with Crippen molar-refractivity contribution in [3.8, 4) is 0 Å². The van der Waals surface area contributed by atoms with Gasteiger partial charge in [-0.25, -0.2) is 4.39 Å². The minimum absolute atomic E-state index is 0.0398. The molecule has 0 aliphatic heterocycles. The molecule has 0 aliphatic carbocycles. The van der Waals surface area contributed by atoms with Gasteiger partial charge >= 0.3 is 0 Å². The van der Waals surface area contributed by atoms with Crippen molar-refractivity contribution in [1.82, 2.24) is 10.6 Å². The molecule has 0 radical (unpaired) electrons. The molecule has 1 aromatic rings. The van der Waals surface area contributed by atoms with Crippen molar-refractivity contribution in [2.45, 2.75) is 52.9 Å². The van der Waals surface area contributed by atoms with Crippen LogP contribution in [0.15, 0.2) is 35.7 Å². The molecule has 132 valence electrons. The van der Waals surface area contributed by atoms with E-state index in [-0.39, 0.29) is 22.3 Å². The first kappa shape index (κ1) is 20.3. The lowest BCUT2D eigenvalue weighted by Gasteiger charge is -2.19. The maximum Gasteiger partial charge on any atom is 0.257 e. The van der Waals surface area contributed by atoms with Gasteiger partial charge in [-0.2, -0.15) is 0 Å². The molecule has 0 saturated heterocycles. The van der Waals surface area contributed by atoms with Crippen LogP contribution in [-0.4, -0.2) is 17.6 Å². The molecule has 1 aromatic carbocycles. The van der Waals surface area contributed by atoms with Gasteiger partial charge in [-0.05, 0) is 53.7 Å². The minimum Gasteiger partial charge on any atom is -0.359 e. The lowest BCUT2D eigenvalue weighted by atomic mass is 9.87. The quantitative estimate of drug-likeness (QED) is 0.761. The van der Waals surface area contributed by atoms with Crippen LogP contribution >= 0.6 is 12.2 Å². The average Bonchev–Trinajstić information content (AvgIpc) is 2.54. The third-order valence-electron chi connectivity index (χ3n) is 3.82. The fourth-order valence-electron chi connectivity index (χ4n) is 2.19. The Morgan fingerprint density at radius 3 is 2.17 bits per heavy atom. The van der Waals surface area contributed by atoms with Gasteiger partial charge in [0.25, 0.3) is 5.91 Å². The zero-order chi connectivity index (χ0) is 18.3. The van der Waals surface area contributed by atoms with Gasteiger partial charge in [-0.3, -0.25) is 10.1 Å². The van der Waals surface area contributed by atoms with Crippen LogP contribution in [0.4, 0.5) is 4.39 Å². The first-order valence-electron chi connectivity index (χ1n) is 8.25. The molecule has 0 aliphatic rings. The topological polar surface area (TPSA) is 41.1 Å². The number of rotatable bonds is 5. The van der Waals surface area contributed by atoms with E-state index in [0.717, 1.165) is 5.56 Å². The highest BCUT2D eigenvalue weighted by Crippen LogP contribution is 2.22. The minimum atomic E-state index is -0.272. The zero-order valence-corrected chi connectivity index (χ0v) is 15.9. The van der Waals surface area contributed by atoms with E-state index >= 15 is 0 Å². The molecule has 0 bridgehead atoms. The number of hydrogen-bond donors (Lipinski definition) is 2. The second-order valence-corrected chi connectivity index (χ2v) is 7.09. The molecule has 0 heterocycles. The fourth-order valence-corrected chi connectivity index (χ4v) is 2.36. The molecule has 24 heavy (non-hydrogen) atoms. The molecule has 0 fully saturated rings. The Balaban J connectivity index is 2.63. The Morgan fingerprint density at radius 1 is 1.12 bits per heavy atom. The standard InChI is InChI=1S/C19H27FN2OS/c1-6-13(16(20)7-2)12-21-18(24)22-17(23)14-8-10-15(11-9-14)19(3,4)5/h8-11H,6-7,12H2,1-5H3,(H2,21,22,23,24)/b16-13-. The number of allylic oxidation sites excluding steroid dienone is 1. The van der Waals surface area contributed by atoms with Crippen LogP contribution in [0.3, 0.4) is 0 Å². The van der Waals surface area contributed by atoms with Crippen molar-refractivity contribution < 1.29 is 9.18 Å². The largest absolute Gasteiger partial charge is 0.359 e. The Bertz CT molecular complexity index is 615. The second-order valence-electron chi connectivity index (χ2n) is 6.68. The molecule has 2 N–H and O–H groups in total. The summed E-state index contributed by atoms with van der Waals surface area (Å²) in [5, 5.41) is 5.72. The molecule has 1 amide bonds. The smallest absolute Gasteiger partial charge is 0.257 e. The van der Waals surface area contributed by atoms with E-state index < -0.39 is 0 Å². The normalized spacial score (nSPS) is 12.4. The van der Waals surface area contributed by atoms with Crippen LogP contribution in [0.1, 0.15) is 63.4 Å². The predicted octanol–water partition coefficient (Wildman–Crippen LogP) is 4.63. The van der Waals surface area contributed by atoms with Gasteiger partial charge in [0.15, 0.2) is 5.11 Å². The Kier molecular flexibility index (Phi) is 7.55. The Hall–Kier alpha value is -1.75. The van der Waals surface area contributed by atoms with Gasteiger partial charge in [0, 0.05) is 12.1 Å². The van der Waals surface area contributed by atoms with Crippen LogP contribution in [-0.2, 0) is 5.41 Å². The molecule has 0 spiro atoms. The van der Waals surface area contributed by atoms with E-state index in [1.165, 1.54) is 0 Å². The molecular formula is C19H27FN2OS. The number of nitrogens with one attached hydrogen (secondary N) is 2. The number of hydrogen-bond acceptors (Lipinski definition) is 2. The first-order chi connectivity index (χ1) is 11.2. The Morgan fingerprint density at radius 2 is 1.71 bits per heavy atom. The maximum absolute atomic E-state index is 13.6. The van der Waals surface area contributed by atoms with Gasteiger partial charge < -0.3 is 5.32 Å². The fraction of sp³-hybridized carbons (Fsp3) is 0.474. The first-order valence-corrected chi connectivity index (χ1v) is 8.66. The number of thiocarbonyl (C=S) groups is 1. The van der Waals surface area contributed by atoms with Crippen LogP contribution in [0.2, 0.25) is 0 Å². The summed E-state index contributed by atoms with van der Waals surface area (Å²) >= 11 is 5.12. The van der Waals surface area contributed by atoms with Crippen LogP contribution in [0, 0.1) is 0 Å². The third-order valence-corrected chi connectivity index (χ3v) is 4.07. The molecule has 5 heteroatoms. The van der Waals surface area contributed by atoms with Gasteiger partial charge in [0.2, 0.25) is 0 Å². The third kappa shape index (κ3) is 6.04. The van der Waals surface area contributed by atoms with Crippen molar-refractivity contribution >= 4 is 23.2 Å². The van der Waals surface area contributed by atoms with E-state index in [1.54, 1.807) is 19.1 Å². The van der Waals surface area contributed by atoms with Crippen molar-refractivity contribution in [3.63, 3.8) is 0 Å². The predicted molar refractivity (Wildman–Crippen MR) is 102 cm³/mol. The molecule has 0 saturated carbocycles. The number of halogens is 1. The van der Waals surface area contributed by atoms with Crippen LogP contribution in [0.25, 0.3) is 0 Å². The van der Waals surface area contributed by atoms with Crippen LogP contribution < -0.4 is 10.6 Å². The molecule has 0 atom stereocenters. The summed E-state index contributed by atoms with van der Waals surface area (Å²) in [6, 6.07) is 7.46. The van der Waals surface area contributed by atoms with Crippen molar-refractivity contribution in [3.05, 3.63) is 46.8 Å².